The van der Waals surface area contributed by atoms with Gasteiger partial charge in [-0.2, -0.15) is 11.3 Å². The number of aryl methyl sites for hydroxylation is 1. The minimum absolute atomic E-state index is 0.0699. The van der Waals surface area contributed by atoms with Crippen molar-refractivity contribution < 1.29 is 14.3 Å². The topological polar surface area (TPSA) is 71.5 Å². The van der Waals surface area contributed by atoms with Crippen LogP contribution in [0.4, 0.5) is 11.4 Å². The zero-order chi connectivity index (χ0) is 19.7. The second-order valence-corrected chi connectivity index (χ2v) is 8.21. The van der Waals surface area contributed by atoms with Gasteiger partial charge in [0, 0.05) is 29.6 Å². The molecule has 0 aliphatic carbocycles. The Balaban J connectivity index is 1.59. The standard InChI is InChI=1S/C20H19N3O3S2/c1-12-18(28-20(21-12)13-7-9-27-11-13)19(25)22-14-5-6-16(26-2)15(10-14)23-8-3-4-17(23)24/h5-7,9-11H,3-4,8H2,1-2H3,(H,22,25). The summed E-state index contributed by atoms with van der Waals surface area (Å²) in [7, 11) is 1.57. The molecular weight excluding hydrogens is 394 g/mol. The Kier molecular flexibility index (Phi) is 5.15. The van der Waals surface area contributed by atoms with E-state index >= 15 is 0 Å². The molecule has 0 radical (unpaired) electrons. The predicted octanol–water partition coefficient (Wildman–Crippen LogP) is 4.57. The fourth-order valence-corrected chi connectivity index (χ4v) is 4.86. The maximum absolute atomic E-state index is 12.8. The zero-order valence-corrected chi connectivity index (χ0v) is 17.2. The van der Waals surface area contributed by atoms with Crippen LogP contribution in [0.25, 0.3) is 10.6 Å². The van der Waals surface area contributed by atoms with E-state index in [1.807, 2.05) is 23.8 Å². The summed E-state index contributed by atoms with van der Waals surface area (Å²) in [4.78, 5) is 31.8. The second-order valence-electron chi connectivity index (χ2n) is 6.44. The van der Waals surface area contributed by atoms with Crippen LogP contribution in [0.15, 0.2) is 35.0 Å². The summed E-state index contributed by atoms with van der Waals surface area (Å²) in [6.07, 6.45) is 1.36. The van der Waals surface area contributed by atoms with Gasteiger partial charge >= 0.3 is 0 Å². The lowest BCUT2D eigenvalue weighted by Gasteiger charge is -2.20. The summed E-state index contributed by atoms with van der Waals surface area (Å²) in [6.45, 7) is 2.49. The molecule has 1 aliphatic heterocycles. The number of thiophene rings is 1. The molecular formula is C20H19N3O3S2. The van der Waals surface area contributed by atoms with Gasteiger partial charge in [-0.1, -0.05) is 0 Å². The minimum Gasteiger partial charge on any atom is -0.495 e. The number of benzene rings is 1. The third-order valence-electron chi connectivity index (χ3n) is 4.57. The molecule has 0 atom stereocenters. The third kappa shape index (κ3) is 3.53. The van der Waals surface area contributed by atoms with Crippen LogP contribution in [0.2, 0.25) is 0 Å². The van der Waals surface area contributed by atoms with Crippen LogP contribution in [0, 0.1) is 6.92 Å². The molecule has 2 aromatic heterocycles. The van der Waals surface area contributed by atoms with Gasteiger partial charge in [-0.05, 0) is 43.0 Å². The van der Waals surface area contributed by atoms with Crippen molar-refractivity contribution in [2.75, 3.05) is 23.9 Å². The number of thiazole rings is 1. The van der Waals surface area contributed by atoms with Gasteiger partial charge in [0.1, 0.15) is 15.6 Å². The molecule has 1 saturated heterocycles. The van der Waals surface area contributed by atoms with E-state index in [0.717, 1.165) is 17.0 Å². The Labute approximate surface area is 170 Å². The third-order valence-corrected chi connectivity index (χ3v) is 6.46. The highest BCUT2D eigenvalue weighted by atomic mass is 32.1. The highest BCUT2D eigenvalue weighted by Gasteiger charge is 2.25. The number of carbonyl (C=O) groups excluding carboxylic acids is 2. The van der Waals surface area contributed by atoms with E-state index in [1.54, 1.807) is 41.5 Å². The number of hydrogen-bond donors (Lipinski definition) is 1. The van der Waals surface area contributed by atoms with Crippen molar-refractivity contribution in [3.63, 3.8) is 0 Å². The minimum atomic E-state index is -0.208. The normalized spacial score (nSPS) is 13.8. The number of rotatable bonds is 5. The van der Waals surface area contributed by atoms with Crippen LogP contribution in [0.3, 0.4) is 0 Å². The van der Waals surface area contributed by atoms with Crippen molar-refractivity contribution in [3.8, 4) is 16.3 Å². The van der Waals surface area contributed by atoms with Crippen LogP contribution in [-0.2, 0) is 4.79 Å². The Morgan fingerprint density at radius 2 is 2.18 bits per heavy atom. The van der Waals surface area contributed by atoms with Gasteiger partial charge in [0.2, 0.25) is 5.91 Å². The van der Waals surface area contributed by atoms with Gasteiger partial charge in [-0.25, -0.2) is 4.98 Å². The SMILES string of the molecule is COc1ccc(NC(=O)c2sc(-c3ccsc3)nc2C)cc1N1CCCC1=O. The Morgan fingerprint density at radius 3 is 2.86 bits per heavy atom. The molecule has 6 nitrogen and oxygen atoms in total. The molecule has 1 aromatic carbocycles. The Bertz CT molecular complexity index is 1030. The van der Waals surface area contributed by atoms with E-state index in [-0.39, 0.29) is 11.8 Å². The number of aromatic nitrogens is 1. The summed E-state index contributed by atoms with van der Waals surface area (Å²) < 4.78 is 5.40. The number of ether oxygens (including phenoxy) is 1. The van der Waals surface area contributed by atoms with Crippen molar-refractivity contribution >= 4 is 45.9 Å². The first-order valence-electron chi connectivity index (χ1n) is 8.86. The van der Waals surface area contributed by atoms with E-state index in [1.165, 1.54) is 11.3 Å². The maximum Gasteiger partial charge on any atom is 0.267 e. The maximum atomic E-state index is 12.8. The molecule has 1 fully saturated rings. The molecule has 144 valence electrons. The average molecular weight is 414 g/mol. The first-order valence-corrected chi connectivity index (χ1v) is 10.6. The molecule has 1 N–H and O–H groups in total. The van der Waals surface area contributed by atoms with E-state index in [9.17, 15) is 9.59 Å². The van der Waals surface area contributed by atoms with Gasteiger partial charge in [0.25, 0.3) is 5.91 Å². The highest BCUT2D eigenvalue weighted by molar-refractivity contribution is 7.17. The van der Waals surface area contributed by atoms with Crippen LogP contribution in [0.5, 0.6) is 5.75 Å². The molecule has 3 aromatic rings. The number of nitrogens with one attached hydrogen (secondary N) is 1. The van der Waals surface area contributed by atoms with Crippen molar-refractivity contribution in [1.82, 2.24) is 4.98 Å². The molecule has 4 rings (SSSR count). The molecule has 0 unspecified atom stereocenters. The molecule has 0 spiro atoms. The number of nitrogens with zero attached hydrogens (tertiary/aromatic N) is 2. The van der Waals surface area contributed by atoms with Gasteiger partial charge in [-0.15, -0.1) is 11.3 Å². The highest BCUT2D eigenvalue weighted by Crippen LogP contribution is 2.35. The molecule has 1 aliphatic rings. The van der Waals surface area contributed by atoms with Gasteiger partial charge < -0.3 is 15.0 Å². The lowest BCUT2D eigenvalue weighted by Crippen LogP contribution is -2.24. The lowest BCUT2D eigenvalue weighted by atomic mass is 10.2. The predicted molar refractivity (Wildman–Crippen MR) is 113 cm³/mol. The quantitative estimate of drug-likeness (QED) is 0.665. The fraction of sp³-hybridized carbons (Fsp3) is 0.250. The number of amides is 2. The van der Waals surface area contributed by atoms with Crippen LogP contribution in [0.1, 0.15) is 28.2 Å². The van der Waals surface area contributed by atoms with E-state index < -0.39 is 0 Å². The summed E-state index contributed by atoms with van der Waals surface area (Å²) in [6, 6.07) is 7.33. The van der Waals surface area contributed by atoms with E-state index in [2.05, 4.69) is 10.3 Å². The van der Waals surface area contributed by atoms with Crippen molar-refractivity contribution in [2.24, 2.45) is 0 Å². The summed E-state index contributed by atoms with van der Waals surface area (Å²) in [5, 5.41) is 7.77. The van der Waals surface area contributed by atoms with Crippen LogP contribution < -0.4 is 15.0 Å². The number of hydrogen-bond acceptors (Lipinski definition) is 6. The fourth-order valence-electron chi connectivity index (χ4n) is 3.19. The molecule has 0 saturated carbocycles. The number of anilines is 2. The van der Waals surface area contributed by atoms with Crippen LogP contribution in [-0.4, -0.2) is 30.5 Å². The molecule has 8 heteroatoms. The summed E-state index contributed by atoms with van der Waals surface area (Å²) in [5.41, 5.74) is 3.02. The van der Waals surface area contributed by atoms with Crippen molar-refractivity contribution in [3.05, 3.63) is 45.6 Å². The first kappa shape index (κ1) is 18.6. The number of carbonyl (C=O) groups is 2. The molecule has 0 bridgehead atoms. The van der Waals surface area contributed by atoms with Gasteiger partial charge in [-0.3, -0.25) is 9.59 Å². The monoisotopic (exact) mass is 413 g/mol. The van der Waals surface area contributed by atoms with E-state index in [4.69, 9.17) is 4.74 Å². The summed E-state index contributed by atoms with van der Waals surface area (Å²) in [5.74, 6) is 0.475. The smallest absolute Gasteiger partial charge is 0.267 e. The first-order chi connectivity index (χ1) is 13.6. The lowest BCUT2D eigenvalue weighted by molar-refractivity contribution is -0.117. The van der Waals surface area contributed by atoms with E-state index in [0.29, 0.717) is 40.7 Å². The molecule has 2 amide bonds. The average Bonchev–Trinajstić information content (AvgIpc) is 3.42. The zero-order valence-electron chi connectivity index (χ0n) is 15.5. The van der Waals surface area contributed by atoms with Crippen molar-refractivity contribution in [1.29, 1.82) is 0 Å². The number of methoxy groups -OCH3 is 1. The summed E-state index contributed by atoms with van der Waals surface area (Å²) >= 11 is 2.98. The Morgan fingerprint density at radius 1 is 1.32 bits per heavy atom. The Hall–Kier alpha value is -2.71. The van der Waals surface area contributed by atoms with Crippen molar-refractivity contribution in [2.45, 2.75) is 19.8 Å². The second kappa shape index (κ2) is 7.73. The van der Waals surface area contributed by atoms with Gasteiger partial charge in [0.15, 0.2) is 0 Å². The van der Waals surface area contributed by atoms with Crippen LogP contribution >= 0.6 is 22.7 Å². The molecule has 28 heavy (non-hydrogen) atoms. The molecule has 3 heterocycles. The van der Waals surface area contributed by atoms with Gasteiger partial charge in [0.05, 0.1) is 18.5 Å². The largest absolute Gasteiger partial charge is 0.495 e.